The van der Waals surface area contributed by atoms with E-state index in [0.29, 0.717) is 6.04 Å². The summed E-state index contributed by atoms with van der Waals surface area (Å²) in [6, 6.07) is 0.715. The second-order valence-corrected chi connectivity index (χ2v) is 16.0. The Hall–Kier alpha value is 0.830. The Balaban J connectivity index is 3.36. The van der Waals surface area contributed by atoms with Crippen LogP contribution in [0.25, 0.3) is 0 Å². The molecule has 84 valence electrons. The van der Waals surface area contributed by atoms with Crippen LogP contribution in [0.4, 0.5) is 0 Å². The van der Waals surface area contributed by atoms with E-state index in [0.717, 1.165) is 0 Å². The Labute approximate surface area is 98.8 Å². The topological polar surface area (TPSA) is 3.24 Å². The van der Waals surface area contributed by atoms with E-state index in [2.05, 4.69) is 39.6 Å². The molecule has 2 heteroatoms. The fourth-order valence-electron chi connectivity index (χ4n) is 1.75. The molecule has 0 rings (SSSR count). The van der Waals surface area contributed by atoms with E-state index >= 15 is 0 Å². The fraction of sp³-hybridized carbons (Fsp3) is 1.00. The molecule has 0 N–H and O–H groups in total. The summed E-state index contributed by atoms with van der Waals surface area (Å²) in [7, 11) is 2.24. The van der Waals surface area contributed by atoms with E-state index < -0.39 is 21.4 Å². The van der Waals surface area contributed by atoms with Gasteiger partial charge in [0.15, 0.2) is 0 Å². The minimum atomic E-state index is -0.948. The second kappa shape index (κ2) is 9.08. The Kier molecular flexibility index (Phi) is 9.62. The maximum absolute atomic E-state index is 2.46. The molecule has 0 aliphatic carbocycles. The number of rotatable bonds is 8. The molecule has 0 saturated carbocycles. The molecule has 0 unspecified atom stereocenters. The molecule has 0 radical (unpaired) electrons. The van der Waals surface area contributed by atoms with E-state index in [1.807, 2.05) is 0 Å². The van der Waals surface area contributed by atoms with Crippen molar-refractivity contribution < 1.29 is 0 Å². The predicted molar refractivity (Wildman–Crippen MR) is 68.5 cm³/mol. The molecule has 0 aromatic carbocycles. The quantitative estimate of drug-likeness (QED) is 0.619. The molecule has 0 aliphatic heterocycles. The standard InChI is InChI=1S/C8H18N.2C2H5.In/c1-5-6-7-9(4)8(2)3;2*1-2;/h8H,1,5-7H2,2-4H3;2*1H2,2H3;. The summed E-state index contributed by atoms with van der Waals surface area (Å²) < 4.78 is 4.77. The third-order valence-electron chi connectivity index (χ3n) is 3.41. The van der Waals surface area contributed by atoms with E-state index in [9.17, 15) is 0 Å². The van der Waals surface area contributed by atoms with Gasteiger partial charge < -0.3 is 0 Å². The van der Waals surface area contributed by atoms with Gasteiger partial charge in [0, 0.05) is 0 Å². The third kappa shape index (κ3) is 7.17. The summed E-state index contributed by atoms with van der Waals surface area (Å²) in [4.78, 5) is 2.46. The van der Waals surface area contributed by atoms with Crippen LogP contribution in [0.15, 0.2) is 0 Å². The molecular weight excluding hydrogens is 273 g/mol. The van der Waals surface area contributed by atoms with Gasteiger partial charge >= 0.3 is 99.0 Å². The minimum absolute atomic E-state index is 0.715. The average Bonchev–Trinajstić information content (AvgIpc) is 2.17. The van der Waals surface area contributed by atoms with E-state index in [-0.39, 0.29) is 0 Å². The summed E-state index contributed by atoms with van der Waals surface area (Å²) in [6.45, 7) is 10.7. The second-order valence-electron chi connectivity index (χ2n) is 4.75. The predicted octanol–water partition coefficient (Wildman–Crippen LogP) is 3.64. The van der Waals surface area contributed by atoms with Crippen LogP contribution in [0.3, 0.4) is 0 Å². The van der Waals surface area contributed by atoms with Crippen molar-refractivity contribution in [2.24, 2.45) is 0 Å². The summed E-state index contributed by atoms with van der Waals surface area (Å²) in [5, 5.41) is 0. The van der Waals surface area contributed by atoms with Crippen molar-refractivity contribution in [1.82, 2.24) is 4.90 Å². The number of hydrogen-bond donors (Lipinski definition) is 0. The maximum atomic E-state index is 2.46. The van der Waals surface area contributed by atoms with Crippen molar-refractivity contribution in [2.75, 3.05) is 13.6 Å². The SMILES string of the molecule is C[CH2][In]([CH2]C)[CH2]CCCN(C)C(C)C. The third-order valence-corrected chi connectivity index (χ3v) is 13.5. The molecule has 0 fully saturated rings. The molecule has 0 bridgehead atoms. The van der Waals surface area contributed by atoms with Crippen molar-refractivity contribution >= 4 is 21.4 Å². The van der Waals surface area contributed by atoms with Crippen LogP contribution in [0.1, 0.15) is 40.5 Å². The Morgan fingerprint density at radius 3 is 2.07 bits per heavy atom. The van der Waals surface area contributed by atoms with Crippen molar-refractivity contribution in [2.45, 2.75) is 59.1 Å². The summed E-state index contributed by atoms with van der Waals surface area (Å²) in [6.07, 6.45) is 2.92. The molecule has 0 aliphatic rings. The van der Waals surface area contributed by atoms with E-state index in [1.54, 1.807) is 12.5 Å². The zero-order valence-corrected chi connectivity index (χ0v) is 14.1. The number of unbranched alkanes of at least 4 members (excludes halogenated alkanes) is 1. The van der Waals surface area contributed by atoms with Crippen LogP contribution >= 0.6 is 0 Å². The van der Waals surface area contributed by atoms with Gasteiger partial charge in [-0.3, -0.25) is 0 Å². The molecule has 0 heterocycles. The van der Waals surface area contributed by atoms with Crippen molar-refractivity contribution in [3.05, 3.63) is 0 Å². The Morgan fingerprint density at radius 1 is 1.07 bits per heavy atom. The monoisotopic (exact) mass is 301 g/mol. The Morgan fingerprint density at radius 2 is 1.64 bits per heavy atom. The van der Waals surface area contributed by atoms with Crippen LogP contribution in [0, 0.1) is 0 Å². The van der Waals surface area contributed by atoms with Gasteiger partial charge in [-0.05, 0) is 0 Å². The first-order valence-electron chi connectivity index (χ1n) is 6.32. The van der Waals surface area contributed by atoms with Gasteiger partial charge in [-0.2, -0.15) is 0 Å². The fourth-order valence-corrected chi connectivity index (χ4v) is 8.20. The van der Waals surface area contributed by atoms with E-state index in [4.69, 9.17) is 0 Å². The number of hydrogen-bond acceptors (Lipinski definition) is 1. The van der Waals surface area contributed by atoms with Crippen LogP contribution in [0.5, 0.6) is 0 Å². The van der Waals surface area contributed by atoms with Gasteiger partial charge in [0.25, 0.3) is 0 Å². The molecule has 0 spiro atoms. The molecule has 0 saturated heterocycles. The molecule has 14 heavy (non-hydrogen) atoms. The molecule has 0 aromatic rings. The zero-order valence-electron chi connectivity index (χ0n) is 10.8. The zero-order chi connectivity index (χ0) is 11.0. The van der Waals surface area contributed by atoms with Gasteiger partial charge in [-0.25, -0.2) is 0 Å². The van der Waals surface area contributed by atoms with Crippen LogP contribution < -0.4 is 0 Å². The summed E-state index contributed by atoms with van der Waals surface area (Å²) in [5.41, 5.74) is 0. The molecular formula is C12H28InN. The number of nitrogens with zero attached hydrogens (tertiary/aromatic N) is 1. The van der Waals surface area contributed by atoms with Gasteiger partial charge in [-0.1, -0.05) is 0 Å². The van der Waals surface area contributed by atoms with Crippen LogP contribution in [0.2, 0.25) is 12.5 Å². The first-order chi connectivity index (χ1) is 6.61. The van der Waals surface area contributed by atoms with Gasteiger partial charge in [0.1, 0.15) is 0 Å². The molecule has 1 nitrogen and oxygen atoms in total. The summed E-state index contributed by atoms with van der Waals surface area (Å²) >= 11 is -0.948. The molecule has 0 amide bonds. The van der Waals surface area contributed by atoms with Gasteiger partial charge in [0.2, 0.25) is 0 Å². The average molecular weight is 301 g/mol. The van der Waals surface area contributed by atoms with Crippen molar-refractivity contribution in [1.29, 1.82) is 0 Å². The molecule has 0 atom stereocenters. The van der Waals surface area contributed by atoms with E-state index in [1.165, 1.54) is 19.4 Å². The van der Waals surface area contributed by atoms with Crippen molar-refractivity contribution in [3.8, 4) is 0 Å². The van der Waals surface area contributed by atoms with Crippen LogP contribution in [-0.2, 0) is 0 Å². The van der Waals surface area contributed by atoms with Gasteiger partial charge in [-0.15, -0.1) is 0 Å². The van der Waals surface area contributed by atoms with Crippen LogP contribution in [-0.4, -0.2) is 46.0 Å². The Bertz CT molecular complexity index is 117. The first kappa shape index (κ1) is 14.8. The van der Waals surface area contributed by atoms with Gasteiger partial charge in [0.05, 0.1) is 0 Å². The normalized spacial score (nSPS) is 11.4. The molecule has 0 aromatic heterocycles. The first-order valence-corrected chi connectivity index (χ1v) is 13.3. The van der Waals surface area contributed by atoms with Crippen molar-refractivity contribution in [3.63, 3.8) is 0 Å². The summed E-state index contributed by atoms with van der Waals surface area (Å²) in [5.74, 6) is 0.